The number of nitrogens with one attached hydrogen (secondary N) is 1. The van der Waals surface area contributed by atoms with Crippen molar-refractivity contribution in [1.82, 2.24) is 10.3 Å². The van der Waals surface area contributed by atoms with E-state index in [0.29, 0.717) is 11.7 Å². The molecule has 4 rings (SSSR count). The largest absolute Gasteiger partial charge is 0.497 e. The molecule has 1 N–H and O–H groups in total. The minimum absolute atomic E-state index is 0.0558. The van der Waals surface area contributed by atoms with Crippen LogP contribution in [0.2, 0.25) is 0 Å². The van der Waals surface area contributed by atoms with E-state index in [9.17, 15) is 0 Å². The Morgan fingerprint density at radius 1 is 1.12 bits per heavy atom. The number of hydrogen-bond donors (Lipinski definition) is 1. The third kappa shape index (κ3) is 4.55. The van der Waals surface area contributed by atoms with Crippen molar-refractivity contribution in [3.63, 3.8) is 0 Å². The maximum Gasteiger partial charge on any atom is 0.190 e. The van der Waals surface area contributed by atoms with Crippen LogP contribution in [0.5, 0.6) is 11.5 Å². The van der Waals surface area contributed by atoms with Crippen molar-refractivity contribution in [2.45, 2.75) is 25.3 Å². The highest BCUT2D eigenvalue weighted by Crippen LogP contribution is 2.44. The van der Waals surface area contributed by atoms with Crippen LogP contribution in [0.25, 0.3) is 6.08 Å². The molecule has 0 aromatic heterocycles. The van der Waals surface area contributed by atoms with Crippen molar-refractivity contribution in [1.29, 1.82) is 0 Å². The number of nitrogens with zero attached hydrogens (tertiary/aromatic N) is 2. The number of methoxy groups -OCH3 is 2. The molecule has 0 saturated heterocycles. The number of hydrogen-bond acceptors (Lipinski definition) is 4. The zero-order valence-corrected chi connectivity index (χ0v) is 19.4. The van der Waals surface area contributed by atoms with Gasteiger partial charge < -0.3 is 14.8 Å². The quantitative estimate of drug-likeness (QED) is 0.477. The fourth-order valence-electron chi connectivity index (χ4n) is 4.44. The number of rotatable bonds is 6. The lowest BCUT2D eigenvalue weighted by molar-refractivity contribution is 0.300. The smallest absolute Gasteiger partial charge is 0.190 e. The number of benzene rings is 2. The number of ether oxygens (including phenoxy) is 2. The highest BCUT2D eigenvalue weighted by atomic mass is 32.1. The second-order valence-electron chi connectivity index (χ2n) is 7.96. The van der Waals surface area contributed by atoms with Crippen molar-refractivity contribution in [3.8, 4) is 11.5 Å². The van der Waals surface area contributed by atoms with Gasteiger partial charge >= 0.3 is 0 Å². The van der Waals surface area contributed by atoms with Crippen molar-refractivity contribution in [3.05, 3.63) is 77.9 Å². The summed E-state index contributed by atoms with van der Waals surface area (Å²) in [4.78, 5) is 0. The summed E-state index contributed by atoms with van der Waals surface area (Å²) in [7, 11) is 3.37. The highest BCUT2D eigenvalue weighted by molar-refractivity contribution is 7.80. The van der Waals surface area contributed by atoms with Gasteiger partial charge in [-0.2, -0.15) is 5.10 Å². The standard InChI is InChI=1S/C26H29N3O2S/c1-4-16-27-26(32)29-25(19-10-14-22(31-3)15-11-19)23-7-5-6-20(24(23)28-29)17-18-8-12-21(30-2)13-9-18/h4,8-15,17,23,25H,1,5-7,16H2,2-3H3,(H,27,32)/b20-17+/t23-,25+/m0/s1. The summed E-state index contributed by atoms with van der Waals surface area (Å²) < 4.78 is 10.6. The van der Waals surface area contributed by atoms with E-state index in [0.717, 1.165) is 42.0 Å². The lowest BCUT2D eigenvalue weighted by atomic mass is 9.77. The van der Waals surface area contributed by atoms with Gasteiger partial charge in [-0.05, 0) is 78.5 Å². The Labute approximate surface area is 195 Å². The minimum Gasteiger partial charge on any atom is -0.497 e. The van der Waals surface area contributed by atoms with E-state index in [1.807, 2.05) is 29.3 Å². The first-order valence-corrected chi connectivity index (χ1v) is 11.3. The summed E-state index contributed by atoms with van der Waals surface area (Å²) in [5.74, 6) is 1.98. The maximum atomic E-state index is 5.72. The third-order valence-electron chi connectivity index (χ3n) is 6.02. The van der Waals surface area contributed by atoms with E-state index in [2.05, 4.69) is 42.2 Å². The molecule has 2 aromatic rings. The van der Waals surface area contributed by atoms with Crippen molar-refractivity contribution < 1.29 is 9.47 Å². The van der Waals surface area contributed by atoms with E-state index >= 15 is 0 Å². The minimum atomic E-state index is 0.0558. The lowest BCUT2D eigenvalue weighted by Crippen LogP contribution is -2.38. The predicted octanol–water partition coefficient (Wildman–Crippen LogP) is 5.36. The fraction of sp³-hybridized carbons (Fsp3) is 0.308. The number of allylic oxidation sites excluding steroid dienone is 1. The molecule has 1 fully saturated rings. The average Bonchev–Trinajstić information content (AvgIpc) is 3.24. The molecular formula is C26H29N3O2S. The van der Waals surface area contributed by atoms with Crippen LogP contribution in [-0.2, 0) is 0 Å². The average molecular weight is 448 g/mol. The summed E-state index contributed by atoms with van der Waals surface area (Å²) in [5.41, 5.74) is 4.74. The van der Waals surface area contributed by atoms with Gasteiger partial charge in [0.25, 0.3) is 0 Å². The molecule has 166 valence electrons. The van der Waals surface area contributed by atoms with Crippen LogP contribution >= 0.6 is 12.2 Å². The summed E-state index contributed by atoms with van der Waals surface area (Å²) >= 11 is 5.72. The van der Waals surface area contributed by atoms with Crippen LogP contribution in [0.4, 0.5) is 0 Å². The molecule has 0 spiro atoms. The Morgan fingerprint density at radius 3 is 2.41 bits per heavy atom. The van der Waals surface area contributed by atoms with Crippen molar-refractivity contribution >= 4 is 29.1 Å². The molecule has 1 aliphatic carbocycles. The molecule has 2 aliphatic rings. The predicted molar refractivity (Wildman–Crippen MR) is 134 cm³/mol. The van der Waals surface area contributed by atoms with E-state index in [1.54, 1.807) is 20.3 Å². The molecule has 0 bridgehead atoms. The summed E-state index contributed by atoms with van der Waals surface area (Å²) in [5, 5.41) is 10.9. The fourth-order valence-corrected chi connectivity index (χ4v) is 4.68. The van der Waals surface area contributed by atoms with Crippen LogP contribution in [0.1, 0.15) is 36.4 Å². The van der Waals surface area contributed by atoms with Gasteiger partial charge in [-0.25, -0.2) is 5.01 Å². The Morgan fingerprint density at radius 2 is 1.78 bits per heavy atom. The van der Waals surface area contributed by atoms with Gasteiger partial charge in [-0.1, -0.05) is 30.3 Å². The Kier molecular flexibility index (Phi) is 6.90. The van der Waals surface area contributed by atoms with Gasteiger partial charge in [0.05, 0.1) is 26.0 Å². The molecule has 1 saturated carbocycles. The molecule has 0 amide bonds. The second-order valence-corrected chi connectivity index (χ2v) is 8.35. The summed E-state index contributed by atoms with van der Waals surface area (Å²) in [6.07, 6.45) is 7.27. The zero-order chi connectivity index (χ0) is 22.5. The SMILES string of the molecule is C=CCNC(=S)N1N=C2/C(=C/c3ccc(OC)cc3)CCC[C@@H]2[C@H]1c1ccc(OC)cc1. The Balaban J connectivity index is 1.69. The van der Waals surface area contributed by atoms with Crippen molar-refractivity contribution in [2.75, 3.05) is 20.8 Å². The van der Waals surface area contributed by atoms with Gasteiger partial charge in [0.15, 0.2) is 5.11 Å². The molecule has 2 atom stereocenters. The number of thiocarbonyl (C=S) groups is 1. The van der Waals surface area contributed by atoms with Crippen LogP contribution in [-0.4, -0.2) is 36.6 Å². The zero-order valence-electron chi connectivity index (χ0n) is 18.6. The lowest BCUT2D eigenvalue weighted by Gasteiger charge is -2.30. The first-order chi connectivity index (χ1) is 15.6. The first-order valence-electron chi connectivity index (χ1n) is 10.9. The molecule has 0 unspecified atom stereocenters. The molecule has 0 radical (unpaired) electrons. The Bertz CT molecular complexity index is 1030. The second kappa shape index (κ2) is 10.0. The van der Waals surface area contributed by atoms with Gasteiger partial charge in [0, 0.05) is 12.5 Å². The van der Waals surface area contributed by atoms with Gasteiger partial charge in [0.1, 0.15) is 11.5 Å². The summed E-state index contributed by atoms with van der Waals surface area (Å²) in [6, 6.07) is 16.4. The molecule has 6 heteroatoms. The van der Waals surface area contributed by atoms with Crippen LogP contribution < -0.4 is 14.8 Å². The van der Waals surface area contributed by atoms with Crippen molar-refractivity contribution in [2.24, 2.45) is 11.0 Å². The van der Waals surface area contributed by atoms with E-state index < -0.39 is 0 Å². The van der Waals surface area contributed by atoms with Gasteiger partial charge in [-0.15, -0.1) is 6.58 Å². The van der Waals surface area contributed by atoms with E-state index in [1.165, 1.54) is 11.1 Å². The molecule has 5 nitrogen and oxygen atoms in total. The topological polar surface area (TPSA) is 46.1 Å². The first kappa shape index (κ1) is 22.1. The number of fused-ring (bicyclic) bond motifs is 1. The van der Waals surface area contributed by atoms with Crippen LogP contribution in [0.15, 0.2) is 71.9 Å². The molecule has 2 aromatic carbocycles. The number of hydrazone groups is 1. The van der Waals surface area contributed by atoms with E-state index in [4.69, 9.17) is 26.8 Å². The third-order valence-corrected chi connectivity index (χ3v) is 6.35. The van der Waals surface area contributed by atoms with Crippen LogP contribution in [0.3, 0.4) is 0 Å². The Hall–Kier alpha value is -3.12. The van der Waals surface area contributed by atoms with Crippen LogP contribution in [0, 0.1) is 5.92 Å². The van der Waals surface area contributed by atoms with Gasteiger partial charge in [0.2, 0.25) is 0 Å². The van der Waals surface area contributed by atoms with Gasteiger partial charge in [-0.3, -0.25) is 0 Å². The monoisotopic (exact) mass is 447 g/mol. The molecular weight excluding hydrogens is 418 g/mol. The normalized spacial score (nSPS) is 21.0. The summed E-state index contributed by atoms with van der Waals surface area (Å²) in [6.45, 7) is 4.40. The molecule has 32 heavy (non-hydrogen) atoms. The molecule has 1 heterocycles. The maximum absolute atomic E-state index is 5.72. The van der Waals surface area contributed by atoms with E-state index in [-0.39, 0.29) is 12.0 Å². The molecule has 1 aliphatic heterocycles. The highest BCUT2D eigenvalue weighted by Gasteiger charge is 2.42.